The van der Waals surface area contributed by atoms with E-state index >= 15 is 0 Å². The SMILES string of the molecule is CC1=NN(c2ccccc2)C(=O)[C@H]1CN(C)C. The van der Waals surface area contributed by atoms with E-state index in [0.717, 1.165) is 11.4 Å². The van der Waals surface area contributed by atoms with E-state index in [1.54, 1.807) is 0 Å². The maximum absolute atomic E-state index is 12.2. The van der Waals surface area contributed by atoms with E-state index in [4.69, 9.17) is 0 Å². The molecule has 0 spiro atoms. The van der Waals surface area contributed by atoms with E-state index in [9.17, 15) is 4.79 Å². The van der Waals surface area contributed by atoms with Crippen LogP contribution in [0.1, 0.15) is 6.92 Å². The van der Waals surface area contributed by atoms with E-state index < -0.39 is 0 Å². The summed E-state index contributed by atoms with van der Waals surface area (Å²) in [4.78, 5) is 14.2. The Morgan fingerprint density at radius 2 is 1.94 bits per heavy atom. The molecule has 1 aromatic rings. The summed E-state index contributed by atoms with van der Waals surface area (Å²) in [6.45, 7) is 2.62. The van der Waals surface area contributed by atoms with Crippen LogP contribution in [-0.2, 0) is 4.79 Å². The Bertz CT molecular complexity index is 439. The van der Waals surface area contributed by atoms with Gasteiger partial charge in [-0.1, -0.05) is 18.2 Å². The lowest BCUT2D eigenvalue weighted by Gasteiger charge is -2.17. The Hall–Kier alpha value is -1.68. The van der Waals surface area contributed by atoms with Crippen molar-refractivity contribution in [3.05, 3.63) is 30.3 Å². The smallest absolute Gasteiger partial charge is 0.257 e. The van der Waals surface area contributed by atoms with Crippen LogP contribution >= 0.6 is 0 Å². The molecule has 17 heavy (non-hydrogen) atoms. The van der Waals surface area contributed by atoms with Gasteiger partial charge in [-0.05, 0) is 33.2 Å². The van der Waals surface area contributed by atoms with Crippen molar-refractivity contribution >= 4 is 17.3 Å². The van der Waals surface area contributed by atoms with Gasteiger partial charge < -0.3 is 4.90 Å². The van der Waals surface area contributed by atoms with Crippen molar-refractivity contribution in [2.45, 2.75) is 6.92 Å². The zero-order chi connectivity index (χ0) is 12.4. The molecule has 0 N–H and O–H groups in total. The maximum atomic E-state index is 12.2. The third-order valence-corrected chi connectivity index (χ3v) is 2.82. The van der Waals surface area contributed by atoms with E-state index in [1.807, 2.05) is 56.3 Å². The predicted octanol–water partition coefficient (Wildman–Crippen LogP) is 1.59. The highest BCUT2D eigenvalue weighted by molar-refractivity contribution is 6.14. The number of nitrogens with zero attached hydrogens (tertiary/aromatic N) is 3. The molecule has 1 atom stereocenters. The Morgan fingerprint density at radius 3 is 2.53 bits per heavy atom. The van der Waals surface area contributed by atoms with Crippen LogP contribution in [0.2, 0.25) is 0 Å². The zero-order valence-corrected chi connectivity index (χ0v) is 10.4. The molecule has 4 heteroatoms. The Morgan fingerprint density at radius 1 is 1.29 bits per heavy atom. The summed E-state index contributed by atoms with van der Waals surface area (Å²) in [7, 11) is 3.93. The van der Waals surface area contributed by atoms with Gasteiger partial charge in [-0.2, -0.15) is 5.10 Å². The van der Waals surface area contributed by atoms with E-state index in [1.165, 1.54) is 5.01 Å². The monoisotopic (exact) mass is 231 g/mol. The summed E-state index contributed by atoms with van der Waals surface area (Å²) in [6.07, 6.45) is 0. The molecule has 0 saturated carbocycles. The summed E-state index contributed by atoms with van der Waals surface area (Å²) >= 11 is 0. The molecule has 1 aromatic carbocycles. The molecule has 0 radical (unpaired) electrons. The molecule has 0 saturated heterocycles. The topological polar surface area (TPSA) is 35.9 Å². The van der Waals surface area contributed by atoms with Crippen LogP contribution < -0.4 is 5.01 Å². The molecule has 0 bridgehead atoms. The Kier molecular flexibility index (Phi) is 3.24. The lowest BCUT2D eigenvalue weighted by molar-refractivity contribution is -0.120. The maximum Gasteiger partial charge on any atom is 0.257 e. The highest BCUT2D eigenvalue weighted by Gasteiger charge is 2.34. The first-order chi connectivity index (χ1) is 8.09. The van der Waals surface area contributed by atoms with Crippen LogP contribution in [-0.4, -0.2) is 37.2 Å². The fourth-order valence-corrected chi connectivity index (χ4v) is 1.93. The summed E-state index contributed by atoms with van der Waals surface area (Å²) in [6, 6.07) is 9.54. The number of para-hydroxylation sites is 1. The van der Waals surface area contributed by atoms with Crippen LogP contribution in [0, 0.1) is 5.92 Å². The Balaban J connectivity index is 2.22. The highest BCUT2D eigenvalue weighted by Crippen LogP contribution is 2.23. The van der Waals surface area contributed by atoms with Gasteiger partial charge in [0, 0.05) is 12.3 Å². The fourth-order valence-electron chi connectivity index (χ4n) is 1.93. The van der Waals surface area contributed by atoms with Crippen molar-refractivity contribution in [2.24, 2.45) is 11.0 Å². The number of hydrogen-bond donors (Lipinski definition) is 0. The average molecular weight is 231 g/mol. The van der Waals surface area contributed by atoms with Gasteiger partial charge in [-0.25, -0.2) is 5.01 Å². The minimum absolute atomic E-state index is 0.0578. The molecule has 0 aromatic heterocycles. The van der Waals surface area contributed by atoms with Gasteiger partial charge in [0.25, 0.3) is 5.91 Å². The molecular formula is C13H17N3O. The molecule has 1 heterocycles. The van der Waals surface area contributed by atoms with Crippen molar-refractivity contribution < 1.29 is 4.79 Å². The van der Waals surface area contributed by atoms with Gasteiger partial charge in [0.15, 0.2) is 0 Å². The molecule has 0 unspecified atom stereocenters. The quantitative estimate of drug-likeness (QED) is 0.792. The van der Waals surface area contributed by atoms with Crippen LogP contribution in [0.4, 0.5) is 5.69 Å². The third-order valence-electron chi connectivity index (χ3n) is 2.82. The number of anilines is 1. The van der Waals surface area contributed by atoms with Crippen molar-refractivity contribution in [3.8, 4) is 0 Å². The average Bonchev–Trinajstić information content (AvgIpc) is 2.58. The molecular weight excluding hydrogens is 214 g/mol. The largest absolute Gasteiger partial charge is 0.308 e. The fraction of sp³-hybridized carbons (Fsp3) is 0.385. The van der Waals surface area contributed by atoms with Crippen molar-refractivity contribution in [3.63, 3.8) is 0 Å². The van der Waals surface area contributed by atoms with Crippen molar-refractivity contribution in [2.75, 3.05) is 25.6 Å². The van der Waals surface area contributed by atoms with Crippen LogP contribution in [0.3, 0.4) is 0 Å². The lowest BCUT2D eigenvalue weighted by atomic mass is 10.0. The standard InChI is InChI=1S/C13H17N3O/c1-10-12(9-15(2)3)13(17)16(14-10)11-7-5-4-6-8-11/h4-8,12H,9H2,1-3H3/t12-/m0/s1. The van der Waals surface area contributed by atoms with Gasteiger partial charge >= 0.3 is 0 Å². The molecule has 1 aliphatic heterocycles. The highest BCUT2D eigenvalue weighted by atomic mass is 16.2. The van der Waals surface area contributed by atoms with Crippen LogP contribution in [0.5, 0.6) is 0 Å². The van der Waals surface area contributed by atoms with Gasteiger partial charge in [0.05, 0.1) is 11.6 Å². The Labute approximate surface area is 102 Å². The van der Waals surface area contributed by atoms with Crippen LogP contribution in [0.25, 0.3) is 0 Å². The summed E-state index contributed by atoms with van der Waals surface area (Å²) in [5, 5.41) is 5.85. The number of benzene rings is 1. The normalized spacial score (nSPS) is 20.0. The third kappa shape index (κ3) is 2.36. The van der Waals surface area contributed by atoms with Gasteiger partial charge in [-0.15, -0.1) is 0 Å². The first kappa shape index (κ1) is 11.8. The van der Waals surface area contributed by atoms with E-state index in [2.05, 4.69) is 5.10 Å². The van der Waals surface area contributed by atoms with Crippen LogP contribution in [0.15, 0.2) is 35.4 Å². The molecule has 2 rings (SSSR count). The van der Waals surface area contributed by atoms with Gasteiger partial charge in [-0.3, -0.25) is 4.79 Å². The second kappa shape index (κ2) is 4.67. The number of rotatable bonds is 3. The van der Waals surface area contributed by atoms with Crippen molar-refractivity contribution in [1.82, 2.24) is 4.90 Å². The molecule has 1 amide bonds. The number of hydrogen-bond acceptors (Lipinski definition) is 3. The summed E-state index contributed by atoms with van der Waals surface area (Å²) in [5.41, 5.74) is 1.71. The van der Waals surface area contributed by atoms with Gasteiger partial charge in [0.2, 0.25) is 0 Å². The first-order valence-corrected chi connectivity index (χ1v) is 5.68. The second-order valence-corrected chi connectivity index (χ2v) is 4.54. The molecule has 90 valence electrons. The zero-order valence-electron chi connectivity index (χ0n) is 10.4. The lowest BCUT2D eigenvalue weighted by Crippen LogP contribution is -2.34. The molecule has 0 fully saturated rings. The van der Waals surface area contributed by atoms with E-state index in [0.29, 0.717) is 6.54 Å². The van der Waals surface area contributed by atoms with Crippen molar-refractivity contribution in [1.29, 1.82) is 0 Å². The molecule has 4 nitrogen and oxygen atoms in total. The second-order valence-electron chi connectivity index (χ2n) is 4.54. The summed E-state index contributed by atoms with van der Waals surface area (Å²) < 4.78 is 0. The predicted molar refractivity (Wildman–Crippen MR) is 69.1 cm³/mol. The number of carbonyl (C=O) groups is 1. The minimum atomic E-state index is -0.120. The first-order valence-electron chi connectivity index (χ1n) is 5.68. The number of amides is 1. The number of hydrazone groups is 1. The minimum Gasteiger partial charge on any atom is -0.308 e. The molecule has 1 aliphatic rings. The number of carbonyl (C=O) groups excluding carboxylic acids is 1. The summed E-state index contributed by atoms with van der Waals surface area (Å²) in [5.74, 6) is -0.0624. The molecule has 0 aliphatic carbocycles. The van der Waals surface area contributed by atoms with E-state index in [-0.39, 0.29) is 11.8 Å². The van der Waals surface area contributed by atoms with Gasteiger partial charge in [0.1, 0.15) is 0 Å².